The fraction of sp³-hybridized carbons (Fsp3) is 1.00. The summed E-state index contributed by atoms with van der Waals surface area (Å²) < 4.78 is 0. The Hall–Kier alpha value is 2.17. The Morgan fingerprint density at radius 2 is 0.885 bits per heavy atom. The van der Waals surface area contributed by atoms with Crippen LogP contribution in [0, 0.1) is 0 Å². The van der Waals surface area contributed by atoms with Crippen molar-refractivity contribution in [2.45, 2.75) is 115 Å². The molecule has 158 valence electrons. The molecule has 0 aliphatic heterocycles. The minimum absolute atomic E-state index is 0.0241. The molecule has 0 bridgehead atoms. The first-order valence-corrected chi connectivity index (χ1v) is 20.7. The minimum Gasteiger partial charge on any atom is -0.126 e. The van der Waals surface area contributed by atoms with Crippen LogP contribution in [0.3, 0.4) is 0 Å². The number of hydrogen-bond acceptors (Lipinski definition) is 0. The summed E-state index contributed by atoms with van der Waals surface area (Å²) >= 11 is 36.6. The molecule has 0 aromatic rings. The molecule has 0 unspecified atom stereocenters. The van der Waals surface area contributed by atoms with Gasteiger partial charge in [-0.3, -0.25) is 0 Å². The molecule has 0 nitrogen and oxygen atoms in total. The molecule has 0 N–H and O–H groups in total. The Balaban J connectivity index is 3.51. The smallest absolute Gasteiger partial charge is 0.126 e. The van der Waals surface area contributed by atoms with Gasteiger partial charge in [-0.25, -0.2) is 0 Å². The zero-order chi connectivity index (χ0) is 19.9. The van der Waals surface area contributed by atoms with Gasteiger partial charge in [-0.15, -0.1) is 66.5 Å². The molecule has 0 aromatic heterocycles. The van der Waals surface area contributed by atoms with Crippen LogP contribution in [0.5, 0.6) is 0 Å². The van der Waals surface area contributed by atoms with Crippen LogP contribution < -0.4 is 0 Å². The molecular weight excluding hydrogens is 485 g/mol. The quantitative estimate of drug-likeness (QED) is 0.0956. The van der Waals surface area contributed by atoms with E-state index in [1.807, 2.05) is 0 Å². The minimum atomic E-state index is -2.80. The van der Waals surface area contributed by atoms with E-state index < -0.39 is 12.0 Å². The van der Waals surface area contributed by atoms with E-state index in [4.69, 9.17) is 66.5 Å². The first-order valence-electron chi connectivity index (χ1n) is 10.3. The summed E-state index contributed by atoms with van der Waals surface area (Å²) in [6.07, 6.45) is 19.6. The summed E-state index contributed by atoms with van der Waals surface area (Å²) in [5.41, 5.74) is -0.0241. The highest BCUT2D eigenvalue weighted by atomic mass is 35.8. The van der Waals surface area contributed by atoms with Crippen molar-refractivity contribution in [2.75, 3.05) is 0 Å². The van der Waals surface area contributed by atoms with Gasteiger partial charge in [0.1, 0.15) is 0 Å². The van der Waals surface area contributed by atoms with Crippen molar-refractivity contribution < 1.29 is 0 Å². The number of rotatable bonds is 18. The van der Waals surface area contributed by atoms with Crippen LogP contribution in [0.15, 0.2) is 0 Å². The highest BCUT2D eigenvalue weighted by Gasteiger charge is 2.42. The predicted octanol–water partition coefficient (Wildman–Crippen LogP) is 10.5. The van der Waals surface area contributed by atoms with Crippen molar-refractivity contribution in [1.29, 1.82) is 0 Å². The number of halogens is 6. The van der Waals surface area contributed by atoms with Crippen LogP contribution >= 0.6 is 66.5 Å². The van der Waals surface area contributed by atoms with E-state index >= 15 is 0 Å². The first-order chi connectivity index (χ1) is 12.2. The SMILES string of the molecule is CCCCCCCCCCCCCCCC[C@H](C[Si](Cl)(Cl)Cl)[Si](Cl)(Cl)Cl. The van der Waals surface area contributed by atoms with E-state index in [2.05, 4.69) is 6.92 Å². The molecule has 0 saturated carbocycles. The van der Waals surface area contributed by atoms with Crippen LogP contribution in [0.4, 0.5) is 0 Å². The lowest BCUT2D eigenvalue weighted by molar-refractivity contribution is 0.531. The summed E-state index contributed by atoms with van der Waals surface area (Å²) in [7, 11) is 0. The Morgan fingerprint density at radius 3 is 1.19 bits per heavy atom. The molecule has 1 atom stereocenters. The van der Waals surface area contributed by atoms with Gasteiger partial charge in [0, 0.05) is 0 Å². The zero-order valence-electron chi connectivity index (χ0n) is 16.2. The molecule has 0 aromatic carbocycles. The lowest BCUT2D eigenvalue weighted by atomic mass is 10.0. The molecule has 0 fully saturated rings. The zero-order valence-corrected chi connectivity index (χ0v) is 22.7. The van der Waals surface area contributed by atoms with Crippen LogP contribution in [-0.2, 0) is 0 Å². The Morgan fingerprint density at radius 1 is 0.538 bits per heavy atom. The van der Waals surface area contributed by atoms with Gasteiger partial charge in [-0.1, -0.05) is 96.8 Å². The molecule has 8 heteroatoms. The second-order valence-electron chi connectivity index (χ2n) is 7.44. The summed E-state index contributed by atoms with van der Waals surface area (Å²) in [4.78, 5) is 0. The standard InChI is InChI=1S/C18H36Cl6Si2/c1-2-3-4-5-6-7-8-9-10-11-12-13-14-15-16-18(26(22,23)24)17-25(19,20)21/h18H,2-17H2,1H3/t18-/m1/s1. The average Bonchev–Trinajstić information content (AvgIpc) is 2.52. The number of hydrogen-bond donors (Lipinski definition) is 0. The molecule has 0 rings (SSSR count). The predicted molar refractivity (Wildman–Crippen MR) is 130 cm³/mol. The molecule has 0 aliphatic carbocycles. The van der Waals surface area contributed by atoms with Crippen LogP contribution in [-0.4, -0.2) is 12.0 Å². The van der Waals surface area contributed by atoms with E-state index in [1.54, 1.807) is 0 Å². The Labute approximate surface area is 192 Å². The average molecular weight is 521 g/mol. The lowest BCUT2D eigenvalue weighted by Gasteiger charge is -2.24. The second kappa shape index (κ2) is 16.9. The van der Waals surface area contributed by atoms with Gasteiger partial charge in [-0.2, -0.15) is 0 Å². The second-order valence-corrected chi connectivity index (χ2v) is 25.6. The normalized spacial score (nSPS) is 14.0. The molecule has 0 saturated heterocycles. The van der Waals surface area contributed by atoms with Crippen molar-refractivity contribution in [3.63, 3.8) is 0 Å². The summed E-state index contributed by atoms with van der Waals surface area (Å²) in [6, 6.07) is -5.07. The van der Waals surface area contributed by atoms with Gasteiger partial charge < -0.3 is 0 Å². The third-order valence-electron chi connectivity index (χ3n) is 4.85. The molecule has 0 aliphatic rings. The van der Waals surface area contributed by atoms with Crippen LogP contribution in [0.1, 0.15) is 103 Å². The van der Waals surface area contributed by atoms with Gasteiger partial charge in [-0.05, 0) is 18.0 Å². The van der Waals surface area contributed by atoms with Gasteiger partial charge in [0.2, 0.25) is 0 Å². The van der Waals surface area contributed by atoms with Crippen molar-refractivity contribution >= 4 is 78.5 Å². The topological polar surface area (TPSA) is 0 Å². The third-order valence-corrected chi connectivity index (χ3v) is 11.8. The highest BCUT2D eigenvalue weighted by molar-refractivity contribution is 7.67. The summed E-state index contributed by atoms with van der Waals surface area (Å²) in [5, 5.41) is 0. The van der Waals surface area contributed by atoms with Crippen molar-refractivity contribution in [1.82, 2.24) is 0 Å². The number of unbranched alkanes of at least 4 members (excludes halogenated alkanes) is 13. The van der Waals surface area contributed by atoms with E-state index in [1.165, 1.54) is 83.5 Å². The van der Waals surface area contributed by atoms with Crippen LogP contribution in [0.25, 0.3) is 0 Å². The maximum atomic E-state index is 6.18. The van der Waals surface area contributed by atoms with Gasteiger partial charge in [0.25, 0.3) is 0 Å². The van der Waals surface area contributed by atoms with Crippen molar-refractivity contribution in [3.8, 4) is 0 Å². The third kappa shape index (κ3) is 19.5. The Bertz CT molecular complexity index is 318. The van der Waals surface area contributed by atoms with E-state index in [0.717, 1.165) is 12.8 Å². The highest BCUT2D eigenvalue weighted by Crippen LogP contribution is 2.45. The lowest BCUT2D eigenvalue weighted by Crippen LogP contribution is -2.25. The largest absolute Gasteiger partial charge is 0.344 e. The summed E-state index contributed by atoms with van der Waals surface area (Å²) in [5.74, 6) is 0. The van der Waals surface area contributed by atoms with E-state index in [0.29, 0.717) is 6.04 Å². The molecule has 0 heterocycles. The van der Waals surface area contributed by atoms with E-state index in [9.17, 15) is 0 Å². The van der Waals surface area contributed by atoms with E-state index in [-0.39, 0.29) is 5.54 Å². The molecule has 0 spiro atoms. The maximum absolute atomic E-state index is 6.18. The summed E-state index contributed by atoms with van der Waals surface area (Å²) in [6.45, 7) is 2.27. The van der Waals surface area contributed by atoms with Crippen molar-refractivity contribution in [3.05, 3.63) is 0 Å². The Kier molecular flexibility index (Phi) is 18.3. The molecule has 26 heavy (non-hydrogen) atoms. The first kappa shape index (κ1) is 28.2. The molecule has 0 radical (unpaired) electrons. The fourth-order valence-corrected chi connectivity index (χ4v) is 12.3. The van der Waals surface area contributed by atoms with Gasteiger partial charge >= 0.3 is 12.0 Å². The molecule has 0 amide bonds. The van der Waals surface area contributed by atoms with Crippen LogP contribution in [0.2, 0.25) is 11.6 Å². The van der Waals surface area contributed by atoms with Gasteiger partial charge in [0.15, 0.2) is 0 Å². The monoisotopic (exact) mass is 518 g/mol. The van der Waals surface area contributed by atoms with Crippen molar-refractivity contribution in [2.24, 2.45) is 0 Å². The molecular formula is C18H36Cl6Si2. The van der Waals surface area contributed by atoms with Gasteiger partial charge in [0.05, 0.1) is 0 Å². The maximum Gasteiger partial charge on any atom is 0.344 e. The fourth-order valence-electron chi connectivity index (χ4n) is 3.25.